The molecule has 1 atom stereocenters. The fraction of sp³-hybridized carbons (Fsp3) is 0.550. The second kappa shape index (κ2) is 9.52. The lowest BCUT2D eigenvalue weighted by Crippen LogP contribution is -2.47. The summed E-state index contributed by atoms with van der Waals surface area (Å²) in [7, 11) is 1.64. The summed E-state index contributed by atoms with van der Waals surface area (Å²) in [5.41, 5.74) is 0.409. The van der Waals surface area contributed by atoms with E-state index in [1.165, 1.54) is 18.2 Å². The standard InChI is InChI=1S/C20H28FN5O2/c1-22-20(23-12-18(27)24-16-8-4-7-15(21)11-16)25-17-9-10-26(13-17)19(28)14-5-2-3-6-14/h4,7-8,11,14,17H,2-3,5-6,9-10,12-13H2,1H3,(H,24,27)(H2,22,23,25). The lowest BCUT2D eigenvalue weighted by atomic mass is 10.1. The Bertz CT molecular complexity index is 733. The van der Waals surface area contributed by atoms with E-state index in [0.717, 1.165) is 38.6 Å². The average molecular weight is 389 g/mol. The first-order chi connectivity index (χ1) is 13.5. The Balaban J connectivity index is 1.42. The van der Waals surface area contributed by atoms with E-state index in [0.29, 0.717) is 18.2 Å². The van der Waals surface area contributed by atoms with Gasteiger partial charge in [0.05, 0.1) is 6.54 Å². The van der Waals surface area contributed by atoms with Crippen LogP contribution in [-0.2, 0) is 9.59 Å². The van der Waals surface area contributed by atoms with Gasteiger partial charge < -0.3 is 20.9 Å². The van der Waals surface area contributed by atoms with Crippen molar-refractivity contribution in [2.45, 2.75) is 38.1 Å². The van der Waals surface area contributed by atoms with Gasteiger partial charge in [-0.1, -0.05) is 18.9 Å². The van der Waals surface area contributed by atoms with Gasteiger partial charge in [0, 0.05) is 37.8 Å². The Hall–Kier alpha value is -2.64. The van der Waals surface area contributed by atoms with Crippen molar-refractivity contribution in [1.82, 2.24) is 15.5 Å². The summed E-state index contributed by atoms with van der Waals surface area (Å²) in [5.74, 6) is 0.288. The first-order valence-corrected chi connectivity index (χ1v) is 9.86. The fourth-order valence-electron chi connectivity index (χ4n) is 3.83. The minimum absolute atomic E-state index is 0.00757. The first-order valence-electron chi connectivity index (χ1n) is 9.86. The van der Waals surface area contributed by atoms with Crippen LogP contribution in [0.4, 0.5) is 10.1 Å². The van der Waals surface area contributed by atoms with E-state index in [-0.39, 0.29) is 30.3 Å². The normalized spacial score (nSPS) is 20.3. The summed E-state index contributed by atoms with van der Waals surface area (Å²) in [5, 5.41) is 8.87. The molecule has 3 N–H and O–H groups in total. The predicted molar refractivity (Wildman–Crippen MR) is 106 cm³/mol. The molecule has 0 aromatic heterocycles. The maximum absolute atomic E-state index is 13.2. The molecular formula is C20H28FN5O2. The van der Waals surface area contributed by atoms with Crippen LogP contribution in [0.3, 0.4) is 0 Å². The number of amides is 2. The number of benzene rings is 1. The molecule has 2 fully saturated rings. The monoisotopic (exact) mass is 389 g/mol. The topological polar surface area (TPSA) is 85.8 Å². The number of hydrogen-bond acceptors (Lipinski definition) is 3. The van der Waals surface area contributed by atoms with E-state index >= 15 is 0 Å². The number of halogens is 1. The van der Waals surface area contributed by atoms with E-state index < -0.39 is 5.82 Å². The highest BCUT2D eigenvalue weighted by atomic mass is 19.1. The van der Waals surface area contributed by atoms with Crippen LogP contribution in [0.2, 0.25) is 0 Å². The fourth-order valence-corrected chi connectivity index (χ4v) is 3.83. The molecule has 1 aliphatic heterocycles. The SMILES string of the molecule is CN=C(NCC(=O)Nc1cccc(F)c1)NC1CCN(C(=O)C2CCCC2)C1. The molecule has 1 aliphatic carbocycles. The van der Waals surface area contributed by atoms with Gasteiger partial charge in [-0.15, -0.1) is 0 Å². The molecule has 1 saturated carbocycles. The highest BCUT2D eigenvalue weighted by Crippen LogP contribution is 2.27. The van der Waals surface area contributed by atoms with Crippen LogP contribution >= 0.6 is 0 Å². The van der Waals surface area contributed by atoms with Crippen molar-refractivity contribution in [2.75, 3.05) is 32.0 Å². The Kier molecular flexibility index (Phi) is 6.84. The lowest BCUT2D eigenvalue weighted by Gasteiger charge is -2.21. The largest absolute Gasteiger partial charge is 0.352 e. The van der Waals surface area contributed by atoms with Crippen molar-refractivity contribution >= 4 is 23.5 Å². The Morgan fingerprint density at radius 1 is 1.25 bits per heavy atom. The molecule has 28 heavy (non-hydrogen) atoms. The highest BCUT2D eigenvalue weighted by molar-refractivity contribution is 5.95. The van der Waals surface area contributed by atoms with Gasteiger partial charge in [0.2, 0.25) is 11.8 Å². The van der Waals surface area contributed by atoms with E-state index in [1.807, 2.05) is 4.90 Å². The molecule has 2 aliphatic rings. The number of guanidine groups is 1. The van der Waals surface area contributed by atoms with Gasteiger partial charge in [-0.25, -0.2) is 4.39 Å². The van der Waals surface area contributed by atoms with Crippen LogP contribution < -0.4 is 16.0 Å². The summed E-state index contributed by atoms with van der Waals surface area (Å²) in [6.45, 7) is 1.42. The smallest absolute Gasteiger partial charge is 0.243 e. The summed E-state index contributed by atoms with van der Waals surface area (Å²) < 4.78 is 13.2. The van der Waals surface area contributed by atoms with E-state index in [2.05, 4.69) is 20.9 Å². The van der Waals surface area contributed by atoms with Crippen LogP contribution in [0.25, 0.3) is 0 Å². The third kappa shape index (κ3) is 5.43. The molecule has 0 bridgehead atoms. The van der Waals surface area contributed by atoms with Crippen LogP contribution in [-0.4, -0.2) is 55.4 Å². The van der Waals surface area contributed by atoms with Gasteiger partial charge in [0.15, 0.2) is 5.96 Å². The van der Waals surface area contributed by atoms with Gasteiger partial charge in [-0.05, 0) is 37.5 Å². The van der Waals surface area contributed by atoms with E-state index in [4.69, 9.17) is 0 Å². The molecular weight excluding hydrogens is 361 g/mol. The quantitative estimate of drug-likeness (QED) is 0.529. The summed E-state index contributed by atoms with van der Waals surface area (Å²) in [6, 6.07) is 5.87. The number of rotatable bonds is 5. The van der Waals surface area contributed by atoms with E-state index in [9.17, 15) is 14.0 Å². The molecule has 1 saturated heterocycles. The second-order valence-electron chi connectivity index (χ2n) is 7.38. The maximum atomic E-state index is 13.2. The number of hydrogen-bond donors (Lipinski definition) is 3. The summed E-state index contributed by atoms with van der Waals surface area (Å²) in [4.78, 5) is 30.7. The molecule has 8 heteroatoms. The number of nitrogens with zero attached hydrogens (tertiary/aromatic N) is 2. The second-order valence-corrected chi connectivity index (χ2v) is 7.38. The van der Waals surface area contributed by atoms with Gasteiger partial charge >= 0.3 is 0 Å². The molecule has 1 aromatic carbocycles. The summed E-state index contributed by atoms with van der Waals surface area (Å²) in [6.07, 6.45) is 5.18. The molecule has 152 valence electrons. The minimum atomic E-state index is -0.402. The molecule has 1 aromatic rings. The zero-order valence-electron chi connectivity index (χ0n) is 16.2. The number of nitrogens with one attached hydrogen (secondary N) is 3. The molecule has 0 radical (unpaired) electrons. The van der Waals surface area contributed by atoms with Gasteiger partial charge in [0.25, 0.3) is 0 Å². The van der Waals surface area contributed by atoms with Crippen LogP contribution in [0, 0.1) is 11.7 Å². The molecule has 1 unspecified atom stereocenters. The zero-order valence-corrected chi connectivity index (χ0v) is 16.2. The molecule has 7 nitrogen and oxygen atoms in total. The van der Waals surface area contributed by atoms with Gasteiger partial charge in [-0.3, -0.25) is 14.6 Å². The third-order valence-electron chi connectivity index (χ3n) is 5.29. The van der Waals surface area contributed by atoms with Crippen molar-refractivity contribution in [1.29, 1.82) is 0 Å². The Labute approximate surface area is 164 Å². The predicted octanol–water partition coefficient (Wildman–Crippen LogP) is 1.72. The van der Waals surface area contributed by atoms with Crippen molar-refractivity contribution < 1.29 is 14.0 Å². The molecule has 0 spiro atoms. The number of anilines is 1. The van der Waals surface area contributed by atoms with Crippen LogP contribution in [0.1, 0.15) is 32.1 Å². The molecule has 1 heterocycles. The van der Waals surface area contributed by atoms with Gasteiger partial charge in [-0.2, -0.15) is 0 Å². The molecule has 2 amide bonds. The average Bonchev–Trinajstić information content (AvgIpc) is 3.36. The number of likely N-dealkylation sites (tertiary alicyclic amines) is 1. The Morgan fingerprint density at radius 2 is 2.04 bits per heavy atom. The van der Waals surface area contributed by atoms with Crippen LogP contribution in [0.5, 0.6) is 0 Å². The first kappa shape index (κ1) is 20.1. The van der Waals surface area contributed by atoms with Crippen molar-refractivity contribution in [2.24, 2.45) is 10.9 Å². The zero-order chi connectivity index (χ0) is 19.9. The molecule has 3 rings (SSSR count). The lowest BCUT2D eigenvalue weighted by molar-refractivity contribution is -0.134. The highest BCUT2D eigenvalue weighted by Gasteiger charge is 2.32. The number of aliphatic imine (C=N–C) groups is 1. The van der Waals surface area contributed by atoms with Crippen LogP contribution in [0.15, 0.2) is 29.3 Å². The summed E-state index contributed by atoms with van der Waals surface area (Å²) >= 11 is 0. The maximum Gasteiger partial charge on any atom is 0.243 e. The number of carbonyl (C=O) groups is 2. The Morgan fingerprint density at radius 3 is 2.75 bits per heavy atom. The third-order valence-corrected chi connectivity index (χ3v) is 5.29. The van der Waals surface area contributed by atoms with Crippen molar-refractivity contribution in [3.8, 4) is 0 Å². The van der Waals surface area contributed by atoms with Gasteiger partial charge in [0.1, 0.15) is 5.82 Å². The van der Waals surface area contributed by atoms with Crippen molar-refractivity contribution in [3.05, 3.63) is 30.1 Å². The number of carbonyl (C=O) groups excluding carboxylic acids is 2. The van der Waals surface area contributed by atoms with E-state index in [1.54, 1.807) is 13.1 Å². The minimum Gasteiger partial charge on any atom is -0.352 e. The van der Waals surface area contributed by atoms with Crippen molar-refractivity contribution in [3.63, 3.8) is 0 Å².